The van der Waals surface area contributed by atoms with Crippen molar-refractivity contribution in [2.45, 2.75) is 63.5 Å². The molecule has 2 aliphatic rings. The molecule has 156 valence electrons. The number of aromatic nitrogens is 1. The number of carboxylic acids is 1. The predicted octanol–water partition coefficient (Wildman–Crippen LogP) is 3.60. The van der Waals surface area contributed by atoms with Crippen LogP contribution in [0.1, 0.15) is 61.5 Å². The molecule has 6 nitrogen and oxygen atoms in total. The lowest BCUT2D eigenvalue weighted by atomic mass is 9.73. The van der Waals surface area contributed by atoms with E-state index in [1.54, 1.807) is 0 Å². The Bertz CT molecular complexity index is 815. The average molecular weight is 399 g/mol. The van der Waals surface area contributed by atoms with Gasteiger partial charge >= 0.3 is 5.97 Å². The molecule has 1 saturated carbocycles. The van der Waals surface area contributed by atoms with Crippen molar-refractivity contribution in [3.8, 4) is 0 Å². The molecule has 0 amide bonds. The number of nitrogens with zero attached hydrogens (tertiary/aromatic N) is 2. The van der Waals surface area contributed by atoms with E-state index in [1.165, 1.54) is 32.1 Å². The van der Waals surface area contributed by atoms with Gasteiger partial charge in [0, 0.05) is 25.1 Å². The number of hydrogen-bond donors (Lipinski definition) is 2. The Hall–Kier alpha value is -2.18. The highest BCUT2D eigenvalue weighted by molar-refractivity contribution is 5.76. The second-order valence-corrected chi connectivity index (χ2v) is 8.69. The van der Waals surface area contributed by atoms with E-state index in [2.05, 4.69) is 10.1 Å². The monoisotopic (exact) mass is 398 g/mol. The molecule has 1 aliphatic carbocycles. The van der Waals surface area contributed by atoms with E-state index in [4.69, 9.17) is 4.52 Å². The number of carboxylic acid groups (broad SMARTS) is 1. The first kappa shape index (κ1) is 20.1. The van der Waals surface area contributed by atoms with Crippen molar-refractivity contribution in [1.82, 2.24) is 10.1 Å². The van der Waals surface area contributed by atoms with Gasteiger partial charge in [-0.3, -0.25) is 9.69 Å². The molecule has 2 heterocycles. The quantitative estimate of drug-likeness (QED) is 0.773. The van der Waals surface area contributed by atoms with Crippen molar-refractivity contribution in [3.05, 3.63) is 53.4 Å². The summed E-state index contributed by atoms with van der Waals surface area (Å²) < 4.78 is 5.59. The van der Waals surface area contributed by atoms with E-state index in [9.17, 15) is 15.0 Å². The fourth-order valence-corrected chi connectivity index (χ4v) is 4.93. The fraction of sp³-hybridized carbons (Fsp3) is 0.565. The van der Waals surface area contributed by atoms with E-state index in [1.807, 2.05) is 36.4 Å². The first-order valence-corrected chi connectivity index (χ1v) is 10.7. The van der Waals surface area contributed by atoms with Gasteiger partial charge in [-0.15, -0.1) is 0 Å². The minimum atomic E-state index is -1.22. The Balaban J connectivity index is 1.47. The zero-order chi connectivity index (χ0) is 20.3. The van der Waals surface area contributed by atoms with Gasteiger partial charge in [0.15, 0.2) is 5.76 Å². The highest BCUT2D eigenvalue weighted by atomic mass is 16.5. The van der Waals surface area contributed by atoms with Crippen LogP contribution >= 0.6 is 0 Å². The maximum Gasteiger partial charge on any atom is 0.313 e. The van der Waals surface area contributed by atoms with E-state index in [0.717, 1.165) is 17.0 Å². The third-order valence-corrected chi connectivity index (χ3v) is 6.63. The summed E-state index contributed by atoms with van der Waals surface area (Å²) in [5, 5.41) is 25.0. The van der Waals surface area contributed by atoms with Crippen LogP contribution in [0, 0.1) is 5.41 Å². The number of aliphatic hydroxyl groups excluding tert-OH is 1. The molecule has 2 atom stereocenters. The summed E-state index contributed by atoms with van der Waals surface area (Å²) in [6.07, 6.45) is 6.00. The summed E-state index contributed by atoms with van der Waals surface area (Å²) in [6.45, 7) is 1.46. The summed E-state index contributed by atoms with van der Waals surface area (Å²) in [5.41, 5.74) is 0.742. The molecule has 29 heavy (non-hydrogen) atoms. The number of hydrogen-bond acceptors (Lipinski definition) is 5. The van der Waals surface area contributed by atoms with Gasteiger partial charge in [0.05, 0.1) is 18.3 Å². The minimum absolute atomic E-state index is 0.290. The Labute approximate surface area is 171 Å². The Morgan fingerprint density at radius 1 is 1.17 bits per heavy atom. The Kier molecular flexibility index (Phi) is 6.01. The topological polar surface area (TPSA) is 86.8 Å². The van der Waals surface area contributed by atoms with E-state index >= 15 is 0 Å². The smallest absolute Gasteiger partial charge is 0.313 e. The summed E-state index contributed by atoms with van der Waals surface area (Å²) in [5.74, 6) is 0.320. The summed E-state index contributed by atoms with van der Waals surface area (Å²) in [7, 11) is 0. The predicted molar refractivity (Wildman–Crippen MR) is 108 cm³/mol. The molecule has 0 spiro atoms. The van der Waals surface area contributed by atoms with Gasteiger partial charge in [0.2, 0.25) is 0 Å². The van der Waals surface area contributed by atoms with Crippen LogP contribution in [-0.2, 0) is 17.8 Å². The minimum Gasteiger partial charge on any atom is -0.481 e. The highest BCUT2D eigenvalue weighted by Crippen LogP contribution is 2.36. The van der Waals surface area contributed by atoms with Gasteiger partial charge in [-0.05, 0) is 31.2 Å². The normalized spacial score (nSPS) is 26.4. The molecule has 1 aromatic heterocycles. The zero-order valence-corrected chi connectivity index (χ0v) is 16.8. The van der Waals surface area contributed by atoms with Crippen molar-refractivity contribution in [2.24, 2.45) is 5.41 Å². The molecule has 0 unspecified atom stereocenters. The van der Waals surface area contributed by atoms with Crippen LogP contribution in [0.4, 0.5) is 0 Å². The van der Waals surface area contributed by atoms with Crippen molar-refractivity contribution in [2.75, 3.05) is 13.1 Å². The Morgan fingerprint density at radius 3 is 2.66 bits per heavy atom. The van der Waals surface area contributed by atoms with Gasteiger partial charge in [0.25, 0.3) is 0 Å². The molecule has 1 saturated heterocycles. The summed E-state index contributed by atoms with van der Waals surface area (Å²) in [6, 6.07) is 11.6. The van der Waals surface area contributed by atoms with Gasteiger partial charge < -0.3 is 14.7 Å². The lowest BCUT2D eigenvalue weighted by Gasteiger charge is -2.43. The number of carbonyl (C=O) groups is 1. The van der Waals surface area contributed by atoms with Crippen molar-refractivity contribution < 1.29 is 19.5 Å². The number of piperidine rings is 1. The van der Waals surface area contributed by atoms with E-state index < -0.39 is 17.5 Å². The molecule has 4 rings (SSSR count). The average Bonchev–Trinajstić information content (AvgIpc) is 3.20. The second-order valence-electron chi connectivity index (χ2n) is 8.69. The maximum absolute atomic E-state index is 12.3. The van der Waals surface area contributed by atoms with Crippen molar-refractivity contribution >= 4 is 5.97 Å². The number of aliphatic hydroxyl groups is 1. The molecule has 0 bridgehead atoms. The lowest BCUT2D eigenvalue weighted by molar-refractivity contribution is -0.163. The highest BCUT2D eigenvalue weighted by Gasteiger charge is 2.49. The van der Waals surface area contributed by atoms with Crippen LogP contribution in [0.15, 0.2) is 40.9 Å². The van der Waals surface area contributed by atoms with Crippen LogP contribution in [0.2, 0.25) is 0 Å². The van der Waals surface area contributed by atoms with E-state index in [0.29, 0.717) is 31.8 Å². The SMILES string of the molecule is O=C(O)[C@@]1(Cc2ccccc2)CN(Cc2cc(C3CCCCC3)no2)CC[C@@H]1O. The standard InChI is InChI=1S/C23H30N2O4/c26-21-11-12-25(15-19-13-20(24-29-19)18-9-5-2-6-10-18)16-23(21,22(27)28)14-17-7-3-1-4-8-17/h1,3-4,7-8,13,18,21,26H,2,5-6,9-12,14-16H2,(H,27,28)/t21-,23-/m0/s1. The third-order valence-electron chi connectivity index (χ3n) is 6.63. The summed E-state index contributed by atoms with van der Waals surface area (Å²) >= 11 is 0. The van der Waals surface area contributed by atoms with Crippen molar-refractivity contribution in [3.63, 3.8) is 0 Å². The summed E-state index contributed by atoms with van der Waals surface area (Å²) in [4.78, 5) is 14.4. The van der Waals surface area contributed by atoms with Crippen LogP contribution < -0.4 is 0 Å². The van der Waals surface area contributed by atoms with Crippen molar-refractivity contribution in [1.29, 1.82) is 0 Å². The second kappa shape index (κ2) is 8.67. The Morgan fingerprint density at radius 2 is 1.93 bits per heavy atom. The van der Waals surface area contributed by atoms with E-state index in [-0.39, 0.29) is 6.54 Å². The molecule has 1 aromatic carbocycles. The molecule has 2 fully saturated rings. The maximum atomic E-state index is 12.3. The number of rotatable bonds is 6. The molecular formula is C23H30N2O4. The molecule has 6 heteroatoms. The number of benzene rings is 1. The molecule has 0 radical (unpaired) electrons. The van der Waals surface area contributed by atoms with Crippen LogP contribution in [-0.4, -0.2) is 45.4 Å². The van der Waals surface area contributed by atoms with Gasteiger partial charge in [-0.25, -0.2) is 0 Å². The van der Waals surface area contributed by atoms with Crippen LogP contribution in [0.3, 0.4) is 0 Å². The fourth-order valence-electron chi connectivity index (χ4n) is 4.93. The molecular weight excluding hydrogens is 368 g/mol. The lowest BCUT2D eigenvalue weighted by Crippen LogP contribution is -2.56. The number of aliphatic carboxylic acids is 1. The van der Waals surface area contributed by atoms with Crippen LogP contribution in [0.5, 0.6) is 0 Å². The largest absolute Gasteiger partial charge is 0.481 e. The molecule has 2 N–H and O–H groups in total. The molecule has 2 aromatic rings. The number of likely N-dealkylation sites (tertiary alicyclic amines) is 1. The third kappa shape index (κ3) is 4.38. The van der Waals surface area contributed by atoms with Crippen LogP contribution in [0.25, 0.3) is 0 Å². The first-order chi connectivity index (χ1) is 14.1. The first-order valence-electron chi connectivity index (χ1n) is 10.7. The van der Waals surface area contributed by atoms with Gasteiger partial charge in [0.1, 0.15) is 5.41 Å². The van der Waals surface area contributed by atoms with Gasteiger partial charge in [-0.2, -0.15) is 0 Å². The zero-order valence-electron chi connectivity index (χ0n) is 16.8. The van der Waals surface area contributed by atoms with Gasteiger partial charge in [-0.1, -0.05) is 54.8 Å². The molecule has 1 aliphatic heterocycles.